The maximum atomic E-state index is 12.7. The maximum Gasteiger partial charge on any atom is 0.355 e. The zero-order chi connectivity index (χ0) is 44.5. The first-order valence-electron chi connectivity index (χ1n) is 21.1. The summed E-state index contributed by atoms with van der Waals surface area (Å²) in [6.07, 6.45) is 4.26. The zero-order valence-electron chi connectivity index (χ0n) is 38.6. The Bertz CT molecular complexity index is 2890. The highest BCUT2D eigenvalue weighted by atomic mass is 16.5. The highest BCUT2D eigenvalue weighted by Crippen LogP contribution is 2.39. The van der Waals surface area contributed by atoms with Gasteiger partial charge in [-0.15, -0.1) is 0 Å². The molecule has 0 bridgehead atoms. The number of ether oxygens (including phenoxy) is 2. The molecule has 0 saturated heterocycles. The molecule has 0 aliphatic carbocycles. The molecule has 318 valence electrons. The normalized spacial score (nSPS) is 15.6. The summed E-state index contributed by atoms with van der Waals surface area (Å²) in [6, 6.07) is 0. The van der Waals surface area contributed by atoms with E-state index in [2.05, 4.69) is 106 Å². The number of rotatable bonds is 10. The van der Waals surface area contributed by atoms with Crippen molar-refractivity contribution in [2.75, 3.05) is 13.2 Å². The molecule has 0 amide bonds. The zero-order valence-corrected chi connectivity index (χ0v) is 38.6. The van der Waals surface area contributed by atoms with Crippen LogP contribution in [0.15, 0.2) is 43.7 Å². The lowest BCUT2D eigenvalue weighted by atomic mass is 10.0. The first-order valence-corrected chi connectivity index (χ1v) is 21.1. The molecular formula is C50H59N7O4. The van der Waals surface area contributed by atoms with Crippen LogP contribution < -0.4 is 0 Å². The first kappa shape index (κ1) is 42.8. The highest BCUT2D eigenvalue weighted by molar-refractivity contribution is 6.17. The number of aromatic amines is 5. The Hall–Kier alpha value is -6.36. The van der Waals surface area contributed by atoms with Gasteiger partial charge in [0.25, 0.3) is 0 Å². The molecule has 61 heavy (non-hydrogen) atoms. The highest BCUT2D eigenvalue weighted by Gasteiger charge is 2.29. The van der Waals surface area contributed by atoms with Gasteiger partial charge in [0.2, 0.25) is 0 Å². The standard InChI is InChI=1S/C50H59N7O4/c1-17-60-49(58)47-33(15)31(13)45(56-47)41-27(9)23(5)37(53-41)19-35-21(3)25(7)39(51-35)43-29(11)30(12)44(55-43)40-26(8)22(4)36(52-40)20-38-24(6)28(10)42(54-38)46-32(14)34(16)48(57-46)50(59)61-18-2/h19-20,51,54-57H,17-18H2,1-16H3/b36-20-,37-19-. The molecule has 0 aromatic carbocycles. The summed E-state index contributed by atoms with van der Waals surface area (Å²) in [5, 5.41) is 0. The molecule has 0 spiro atoms. The van der Waals surface area contributed by atoms with Crippen LogP contribution >= 0.6 is 0 Å². The summed E-state index contributed by atoms with van der Waals surface area (Å²) >= 11 is 0. The Labute approximate surface area is 358 Å². The third kappa shape index (κ3) is 6.93. The van der Waals surface area contributed by atoms with Crippen LogP contribution in [0.5, 0.6) is 0 Å². The Morgan fingerprint density at radius 1 is 0.410 bits per heavy atom. The summed E-state index contributed by atoms with van der Waals surface area (Å²) in [4.78, 5) is 53.6. The second kappa shape index (κ2) is 15.9. The smallest absolute Gasteiger partial charge is 0.355 e. The summed E-state index contributed by atoms with van der Waals surface area (Å²) in [5.41, 5.74) is 27.2. The molecule has 5 N–H and O–H groups in total. The van der Waals surface area contributed by atoms with Gasteiger partial charge in [0, 0.05) is 11.4 Å². The average Bonchev–Trinajstić information content (AvgIpc) is 4.06. The topological polar surface area (TPSA) is 156 Å². The van der Waals surface area contributed by atoms with Crippen molar-refractivity contribution in [3.63, 3.8) is 0 Å². The lowest BCUT2D eigenvalue weighted by Crippen LogP contribution is -2.07. The third-order valence-electron chi connectivity index (χ3n) is 13.5. The maximum absolute atomic E-state index is 12.7. The number of hydrogen-bond acceptors (Lipinski definition) is 6. The van der Waals surface area contributed by atoms with Crippen molar-refractivity contribution in [1.29, 1.82) is 0 Å². The number of nitrogens with one attached hydrogen (secondary N) is 5. The van der Waals surface area contributed by atoms with Gasteiger partial charge in [-0.25, -0.2) is 19.6 Å². The van der Waals surface area contributed by atoms with E-state index in [4.69, 9.17) is 19.5 Å². The molecule has 11 heteroatoms. The van der Waals surface area contributed by atoms with Gasteiger partial charge in [0.1, 0.15) is 11.4 Å². The third-order valence-corrected chi connectivity index (χ3v) is 13.5. The number of aromatic nitrogens is 5. The van der Waals surface area contributed by atoms with Gasteiger partial charge in [0.15, 0.2) is 0 Å². The van der Waals surface area contributed by atoms with Crippen molar-refractivity contribution < 1.29 is 19.1 Å². The van der Waals surface area contributed by atoms with Crippen molar-refractivity contribution in [2.45, 2.75) is 111 Å². The second-order valence-corrected chi connectivity index (χ2v) is 16.6. The minimum atomic E-state index is -0.355. The number of carbonyl (C=O) groups excluding carboxylic acids is 2. The Morgan fingerprint density at radius 2 is 0.721 bits per heavy atom. The van der Waals surface area contributed by atoms with E-state index in [1.807, 2.05) is 41.5 Å². The van der Waals surface area contributed by atoms with Crippen LogP contribution in [-0.4, -0.2) is 61.5 Å². The number of esters is 2. The van der Waals surface area contributed by atoms with Crippen molar-refractivity contribution in [2.24, 2.45) is 9.98 Å². The van der Waals surface area contributed by atoms with E-state index in [1.54, 1.807) is 0 Å². The van der Waals surface area contributed by atoms with Gasteiger partial charge in [-0.1, -0.05) is 0 Å². The van der Waals surface area contributed by atoms with Crippen LogP contribution in [0.1, 0.15) is 141 Å². The molecule has 0 fully saturated rings. The van der Waals surface area contributed by atoms with Crippen LogP contribution in [0.2, 0.25) is 0 Å². The summed E-state index contributed by atoms with van der Waals surface area (Å²) < 4.78 is 10.6. The molecule has 0 unspecified atom stereocenters. The number of aliphatic imine (C=N–C) groups is 2. The van der Waals surface area contributed by atoms with E-state index in [0.29, 0.717) is 24.6 Å². The van der Waals surface area contributed by atoms with E-state index >= 15 is 0 Å². The van der Waals surface area contributed by atoms with E-state index in [1.165, 1.54) is 0 Å². The predicted molar refractivity (Wildman–Crippen MR) is 247 cm³/mol. The molecule has 0 radical (unpaired) electrons. The van der Waals surface area contributed by atoms with Crippen LogP contribution in [0.3, 0.4) is 0 Å². The van der Waals surface area contributed by atoms with Crippen molar-refractivity contribution in [1.82, 2.24) is 24.9 Å². The molecule has 11 nitrogen and oxygen atoms in total. The van der Waals surface area contributed by atoms with Crippen molar-refractivity contribution in [3.8, 4) is 22.8 Å². The van der Waals surface area contributed by atoms with Crippen LogP contribution in [0.25, 0.3) is 34.9 Å². The summed E-state index contributed by atoms with van der Waals surface area (Å²) in [7, 11) is 0. The van der Waals surface area contributed by atoms with Crippen LogP contribution in [-0.2, 0) is 9.47 Å². The first-order chi connectivity index (χ1) is 28.8. The fraction of sp³-hybridized carbons (Fsp3) is 0.360. The predicted octanol–water partition coefficient (Wildman–Crippen LogP) is 11.5. The van der Waals surface area contributed by atoms with E-state index in [0.717, 1.165) is 146 Å². The van der Waals surface area contributed by atoms with E-state index in [-0.39, 0.29) is 11.9 Å². The monoisotopic (exact) mass is 821 g/mol. The van der Waals surface area contributed by atoms with Gasteiger partial charge in [-0.3, -0.25) is 0 Å². The lowest BCUT2D eigenvalue weighted by molar-refractivity contribution is 0.0510. The summed E-state index contributed by atoms with van der Waals surface area (Å²) in [6.45, 7) is 33.5. The average molecular weight is 822 g/mol. The number of H-pyrrole nitrogens is 5. The van der Waals surface area contributed by atoms with Gasteiger partial charge >= 0.3 is 11.9 Å². The minimum Gasteiger partial charge on any atom is -0.461 e. The van der Waals surface area contributed by atoms with Crippen molar-refractivity contribution >= 4 is 35.5 Å². The SMILES string of the molecule is CCOC(=O)c1[nH]c(C2=N/C(=C\c3[nH]c(-c4[nH]c(C5=N/C(=C\c6[nH]c(-c7[nH]c(C(=O)OCC)c(C)c7C)c(C)c6C)C(C)=C5C)c(C)c4C)c(C)c3C)C(C)=C2C)c(C)c1C. The van der Waals surface area contributed by atoms with Crippen molar-refractivity contribution in [3.05, 3.63) is 123 Å². The van der Waals surface area contributed by atoms with E-state index in [9.17, 15) is 9.59 Å². The molecule has 5 aromatic rings. The number of nitrogens with zero attached hydrogens (tertiary/aromatic N) is 2. The minimum absolute atomic E-state index is 0.314. The molecule has 5 aromatic heterocycles. The molecular weight excluding hydrogens is 763 g/mol. The Balaban J connectivity index is 1.22. The molecule has 7 heterocycles. The van der Waals surface area contributed by atoms with Crippen LogP contribution in [0.4, 0.5) is 0 Å². The fourth-order valence-corrected chi connectivity index (χ4v) is 8.42. The van der Waals surface area contributed by atoms with Gasteiger partial charge in [-0.2, -0.15) is 0 Å². The Kier molecular flexibility index (Phi) is 11.2. The van der Waals surface area contributed by atoms with Gasteiger partial charge in [-0.05, 0) is 201 Å². The Morgan fingerprint density at radius 3 is 1.15 bits per heavy atom. The molecule has 2 aliphatic heterocycles. The number of carbonyl (C=O) groups is 2. The molecule has 0 saturated carbocycles. The molecule has 0 atom stereocenters. The number of allylic oxidation sites excluding steroid dienone is 4. The van der Waals surface area contributed by atoms with E-state index < -0.39 is 0 Å². The van der Waals surface area contributed by atoms with Gasteiger partial charge < -0.3 is 34.4 Å². The second-order valence-electron chi connectivity index (χ2n) is 16.6. The quantitative estimate of drug-likeness (QED) is 0.0889. The summed E-state index contributed by atoms with van der Waals surface area (Å²) in [5.74, 6) is -0.701. The van der Waals surface area contributed by atoms with Gasteiger partial charge in [0.05, 0.1) is 70.2 Å². The lowest BCUT2D eigenvalue weighted by Gasteiger charge is -2.02. The molecule has 2 aliphatic rings. The number of hydrogen-bond donors (Lipinski definition) is 5. The molecule has 7 rings (SSSR count). The van der Waals surface area contributed by atoms with Crippen LogP contribution in [0, 0.1) is 69.2 Å². The fourth-order valence-electron chi connectivity index (χ4n) is 8.42. The largest absolute Gasteiger partial charge is 0.461 e.